The lowest BCUT2D eigenvalue weighted by atomic mass is 10.1. The van der Waals surface area contributed by atoms with Crippen LogP contribution in [-0.4, -0.2) is 22.6 Å². The molecule has 0 aliphatic carbocycles. The highest BCUT2D eigenvalue weighted by molar-refractivity contribution is 5.90. The molecule has 1 saturated heterocycles. The summed E-state index contributed by atoms with van der Waals surface area (Å²) >= 11 is 0. The van der Waals surface area contributed by atoms with E-state index in [2.05, 4.69) is 24.3 Å². The minimum atomic E-state index is -0.0753. The van der Waals surface area contributed by atoms with Gasteiger partial charge in [0.05, 0.1) is 11.7 Å². The van der Waals surface area contributed by atoms with Crippen molar-refractivity contribution >= 4 is 11.7 Å². The van der Waals surface area contributed by atoms with E-state index in [1.165, 1.54) is 0 Å². The first kappa shape index (κ1) is 16.6. The van der Waals surface area contributed by atoms with Crippen LogP contribution in [0.3, 0.4) is 0 Å². The second-order valence-electron chi connectivity index (χ2n) is 6.91. The van der Waals surface area contributed by atoms with E-state index in [9.17, 15) is 4.79 Å². The molecule has 0 unspecified atom stereocenters. The molecule has 0 saturated carbocycles. The number of benzene rings is 1. The van der Waals surface area contributed by atoms with E-state index in [4.69, 9.17) is 4.52 Å². The number of anilines is 1. The highest BCUT2D eigenvalue weighted by atomic mass is 16.5. The molecule has 1 aromatic heterocycles. The van der Waals surface area contributed by atoms with E-state index in [0.29, 0.717) is 5.92 Å². The van der Waals surface area contributed by atoms with Crippen LogP contribution in [0, 0.1) is 13.8 Å². The first-order valence-electron chi connectivity index (χ1n) is 8.57. The van der Waals surface area contributed by atoms with E-state index in [0.717, 1.165) is 47.7 Å². The molecular weight excluding hydrogens is 302 g/mol. The maximum atomic E-state index is 12.8. The lowest BCUT2D eigenvalue weighted by molar-refractivity contribution is 0.195. The third kappa shape index (κ3) is 3.30. The standard InChI is InChI=1S/C19H25N3O2/c1-12(2)15-11-18(24-21-15)17-6-5-9-22(17)19(23)20-16-10-13(3)7-8-14(16)4/h7-8,10-12,17H,5-6,9H2,1-4H3,(H,20,23)/t17-/m0/s1. The predicted molar refractivity (Wildman–Crippen MR) is 94.2 cm³/mol. The number of amides is 2. The lowest BCUT2D eigenvalue weighted by Crippen LogP contribution is -2.34. The Bertz CT molecular complexity index is 736. The van der Waals surface area contributed by atoms with Crippen molar-refractivity contribution in [1.82, 2.24) is 10.1 Å². The molecule has 1 aromatic carbocycles. The van der Waals surface area contributed by atoms with Gasteiger partial charge >= 0.3 is 6.03 Å². The molecular formula is C19H25N3O2. The quantitative estimate of drug-likeness (QED) is 0.882. The Balaban J connectivity index is 1.77. The molecule has 3 rings (SSSR count). The fraction of sp³-hybridized carbons (Fsp3) is 0.474. The molecule has 5 nitrogen and oxygen atoms in total. The van der Waals surface area contributed by atoms with E-state index >= 15 is 0 Å². The summed E-state index contributed by atoms with van der Waals surface area (Å²) in [5.41, 5.74) is 4.00. The van der Waals surface area contributed by atoms with Gasteiger partial charge in [-0.2, -0.15) is 0 Å². The predicted octanol–water partition coefficient (Wildman–Crippen LogP) is 4.78. The van der Waals surface area contributed by atoms with Gasteiger partial charge in [0.1, 0.15) is 0 Å². The Morgan fingerprint density at radius 1 is 1.33 bits per heavy atom. The van der Waals surface area contributed by atoms with Crippen LogP contribution in [-0.2, 0) is 0 Å². The monoisotopic (exact) mass is 327 g/mol. The molecule has 2 aromatic rings. The van der Waals surface area contributed by atoms with Crippen molar-refractivity contribution in [2.45, 2.75) is 52.5 Å². The van der Waals surface area contributed by atoms with Gasteiger partial charge in [-0.25, -0.2) is 4.79 Å². The average Bonchev–Trinajstić information content (AvgIpc) is 3.18. The van der Waals surface area contributed by atoms with Crippen molar-refractivity contribution < 1.29 is 9.32 Å². The fourth-order valence-electron chi connectivity index (χ4n) is 3.10. The number of nitrogens with one attached hydrogen (secondary N) is 1. The largest absolute Gasteiger partial charge is 0.359 e. The maximum Gasteiger partial charge on any atom is 0.322 e. The number of carbonyl (C=O) groups is 1. The van der Waals surface area contributed by atoms with Gasteiger partial charge in [0, 0.05) is 18.3 Å². The SMILES string of the molecule is Cc1ccc(C)c(NC(=O)N2CCC[C@H]2c2cc(C(C)C)no2)c1. The minimum absolute atomic E-state index is 0.0323. The van der Waals surface area contributed by atoms with Crippen LogP contribution in [0.4, 0.5) is 10.5 Å². The molecule has 128 valence electrons. The molecule has 1 atom stereocenters. The molecule has 1 aliphatic heterocycles. The molecule has 2 amide bonds. The van der Waals surface area contributed by atoms with Gasteiger partial charge in [0.2, 0.25) is 0 Å². The number of aryl methyl sites for hydroxylation is 2. The summed E-state index contributed by atoms with van der Waals surface area (Å²) in [6.45, 7) is 8.93. The number of rotatable bonds is 3. The molecule has 1 fully saturated rings. The zero-order valence-corrected chi connectivity index (χ0v) is 14.8. The summed E-state index contributed by atoms with van der Waals surface area (Å²) in [5.74, 6) is 1.11. The number of urea groups is 1. The van der Waals surface area contributed by atoms with Crippen molar-refractivity contribution in [2.75, 3.05) is 11.9 Å². The van der Waals surface area contributed by atoms with E-state index in [1.807, 2.05) is 43.0 Å². The molecule has 24 heavy (non-hydrogen) atoms. The first-order valence-corrected chi connectivity index (χ1v) is 8.57. The molecule has 1 N–H and O–H groups in total. The number of aromatic nitrogens is 1. The van der Waals surface area contributed by atoms with Crippen LogP contribution >= 0.6 is 0 Å². The summed E-state index contributed by atoms with van der Waals surface area (Å²) in [7, 11) is 0. The summed E-state index contributed by atoms with van der Waals surface area (Å²) in [6.07, 6.45) is 1.88. The van der Waals surface area contributed by atoms with Crippen molar-refractivity contribution in [3.63, 3.8) is 0 Å². The van der Waals surface area contributed by atoms with E-state index in [-0.39, 0.29) is 12.1 Å². The number of hydrogen-bond acceptors (Lipinski definition) is 3. The summed E-state index contributed by atoms with van der Waals surface area (Å²) in [5, 5.41) is 7.18. The number of likely N-dealkylation sites (tertiary alicyclic amines) is 1. The Hall–Kier alpha value is -2.30. The van der Waals surface area contributed by atoms with Gasteiger partial charge < -0.3 is 14.7 Å². The fourth-order valence-corrected chi connectivity index (χ4v) is 3.10. The highest BCUT2D eigenvalue weighted by Gasteiger charge is 2.33. The topological polar surface area (TPSA) is 58.4 Å². The smallest absolute Gasteiger partial charge is 0.322 e. The minimum Gasteiger partial charge on any atom is -0.359 e. The Morgan fingerprint density at radius 3 is 2.83 bits per heavy atom. The highest BCUT2D eigenvalue weighted by Crippen LogP contribution is 2.34. The zero-order chi connectivity index (χ0) is 17.3. The van der Waals surface area contributed by atoms with Crippen molar-refractivity contribution in [3.8, 4) is 0 Å². The molecule has 1 aliphatic rings. The second-order valence-corrected chi connectivity index (χ2v) is 6.91. The molecule has 2 heterocycles. The van der Waals surface area contributed by atoms with Crippen LogP contribution in [0.15, 0.2) is 28.8 Å². The summed E-state index contributed by atoms with van der Waals surface area (Å²) in [6, 6.07) is 7.95. The van der Waals surface area contributed by atoms with Crippen molar-refractivity contribution in [2.24, 2.45) is 0 Å². The Morgan fingerprint density at radius 2 is 2.12 bits per heavy atom. The third-order valence-corrected chi connectivity index (χ3v) is 4.61. The Labute approximate surface area is 143 Å². The number of carbonyl (C=O) groups excluding carboxylic acids is 1. The second kappa shape index (κ2) is 6.67. The molecule has 0 radical (unpaired) electrons. The van der Waals surface area contributed by atoms with Crippen molar-refractivity contribution in [3.05, 3.63) is 46.8 Å². The molecule has 0 bridgehead atoms. The summed E-state index contributed by atoms with van der Waals surface area (Å²) in [4.78, 5) is 14.6. The third-order valence-electron chi connectivity index (χ3n) is 4.61. The van der Waals surface area contributed by atoms with Gasteiger partial charge in [0.25, 0.3) is 0 Å². The van der Waals surface area contributed by atoms with Crippen LogP contribution in [0.5, 0.6) is 0 Å². The van der Waals surface area contributed by atoms with Crippen LogP contribution in [0.25, 0.3) is 0 Å². The number of nitrogens with zero attached hydrogens (tertiary/aromatic N) is 2. The van der Waals surface area contributed by atoms with Crippen molar-refractivity contribution in [1.29, 1.82) is 0 Å². The van der Waals surface area contributed by atoms with Gasteiger partial charge in [-0.05, 0) is 49.8 Å². The first-order chi connectivity index (χ1) is 11.5. The van der Waals surface area contributed by atoms with Gasteiger partial charge in [-0.3, -0.25) is 0 Å². The number of hydrogen-bond donors (Lipinski definition) is 1. The average molecular weight is 327 g/mol. The Kier molecular flexibility index (Phi) is 4.60. The summed E-state index contributed by atoms with van der Waals surface area (Å²) < 4.78 is 5.51. The zero-order valence-electron chi connectivity index (χ0n) is 14.8. The van der Waals surface area contributed by atoms with E-state index in [1.54, 1.807) is 0 Å². The van der Waals surface area contributed by atoms with Crippen LogP contribution in [0.1, 0.15) is 61.2 Å². The van der Waals surface area contributed by atoms with E-state index < -0.39 is 0 Å². The van der Waals surface area contributed by atoms with Gasteiger partial charge in [-0.15, -0.1) is 0 Å². The van der Waals surface area contributed by atoms with Gasteiger partial charge in [-0.1, -0.05) is 31.1 Å². The van der Waals surface area contributed by atoms with Crippen LogP contribution < -0.4 is 5.32 Å². The van der Waals surface area contributed by atoms with Gasteiger partial charge in [0.15, 0.2) is 5.76 Å². The molecule has 5 heteroatoms. The normalized spacial score (nSPS) is 17.5. The maximum absolute atomic E-state index is 12.8. The lowest BCUT2D eigenvalue weighted by Gasteiger charge is -2.23. The van der Waals surface area contributed by atoms with Crippen LogP contribution in [0.2, 0.25) is 0 Å². The molecule has 0 spiro atoms.